The van der Waals surface area contributed by atoms with Crippen molar-refractivity contribution in [2.75, 3.05) is 17.1 Å². The maximum absolute atomic E-state index is 13.3. The van der Waals surface area contributed by atoms with Crippen molar-refractivity contribution in [2.45, 2.75) is 45.8 Å². The van der Waals surface area contributed by atoms with E-state index in [1.807, 2.05) is 13.8 Å². The maximum Gasteiger partial charge on any atom is 0.244 e. The van der Waals surface area contributed by atoms with Gasteiger partial charge in [-0.3, -0.25) is 13.9 Å². The lowest BCUT2D eigenvalue weighted by Crippen LogP contribution is -2.52. The predicted octanol–water partition coefficient (Wildman–Crippen LogP) is 3.06. The summed E-state index contributed by atoms with van der Waals surface area (Å²) < 4.78 is 52.3. The second kappa shape index (κ2) is 11.2. The summed E-state index contributed by atoms with van der Waals surface area (Å²) in [6.07, 6.45) is 1.63. The number of nitrogens with one attached hydrogen (secondary N) is 1. The molecule has 33 heavy (non-hydrogen) atoms. The van der Waals surface area contributed by atoms with Crippen LogP contribution >= 0.6 is 0 Å². The zero-order chi connectivity index (χ0) is 24.8. The first-order valence-corrected chi connectivity index (χ1v) is 12.3. The number of sulfonamides is 1. The molecule has 0 aliphatic rings. The Labute approximate surface area is 193 Å². The Morgan fingerprint density at radius 3 is 1.97 bits per heavy atom. The van der Waals surface area contributed by atoms with E-state index in [4.69, 9.17) is 0 Å². The van der Waals surface area contributed by atoms with Gasteiger partial charge in [-0.25, -0.2) is 17.2 Å². The average molecular weight is 482 g/mol. The van der Waals surface area contributed by atoms with Crippen molar-refractivity contribution in [3.05, 3.63) is 65.7 Å². The molecule has 7 nitrogen and oxygen atoms in total. The Morgan fingerprint density at radius 2 is 1.48 bits per heavy atom. The molecule has 0 spiro atoms. The van der Waals surface area contributed by atoms with Crippen LogP contribution in [0, 0.1) is 11.6 Å². The minimum absolute atomic E-state index is 0.0325. The molecule has 180 valence electrons. The largest absolute Gasteiger partial charge is 0.352 e. The molecule has 1 N–H and O–H groups in total. The summed E-state index contributed by atoms with van der Waals surface area (Å²) in [5.41, 5.74) is 0.686. The van der Waals surface area contributed by atoms with Crippen LogP contribution in [-0.4, -0.2) is 50.0 Å². The standard InChI is InChI=1S/C23H29F2N3O4S/c1-5-16(2)26-23(30)17(3)27(14-18-6-8-19(24)9-7-18)22(29)15-28(33(4,31)32)21-12-10-20(25)11-13-21/h6-13,16-17H,5,14-15H2,1-4H3,(H,26,30)/t16-,17-/m1/s1. The number of benzene rings is 2. The third-order valence-corrected chi connectivity index (χ3v) is 6.37. The lowest BCUT2D eigenvalue weighted by molar-refractivity contribution is -0.139. The SMILES string of the molecule is CC[C@@H](C)NC(=O)[C@@H](C)N(Cc1ccc(F)cc1)C(=O)CN(c1ccc(F)cc1)S(C)(=O)=O. The Bertz CT molecular complexity index is 1060. The molecule has 0 aliphatic heterocycles. The summed E-state index contributed by atoms with van der Waals surface area (Å²) >= 11 is 0. The van der Waals surface area contributed by atoms with Crippen LogP contribution in [0.4, 0.5) is 14.5 Å². The van der Waals surface area contributed by atoms with E-state index >= 15 is 0 Å². The first-order valence-electron chi connectivity index (χ1n) is 10.5. The Hall–Kier alpha value is -3.01. The van der Waals surface area contributed by atoms with Crippen molar-refractivity contribution in [3.63, 3.8) is 0 Å². The highest BCUT2D eigenvalue weighted by atomic mass is 32.2. The van der Waals surface area contributed by atoms with Gasteiger partial charge in [0.2, 0.25) is 21.8 Å². The number of rotatable bonds is 10. The van der Waals surface area contributed by atoms with Gasteiger partial charge in [0.25, 0.3) is 0 Å². The molecule has 0 unspecified atom stereocenters. The fourth-order valence-corrected chi connectivity index (χ4v) is 3.91. The van der Waals surface area contributed by atoms with E-state index in [2.05, 4.69) is 5.32 Å². The van der Waals surface area contributed by atoms with Crippen molar-refractivity contribution >= 4 is 27.5 Å². The first kappa shape index (κ1) is 26.2. The van der Waals surface area contributed by atoms with Crippen molar-refractivity contribution in [1.82, 2.24) is 10.2 Å². The minimum Gasteiger partial charge on any atom is -0.352 e. The zero-order valence-electron chi connectivity index (χ0n) is 19.1. The number of halogens is 2. The molecular formula is C23H29F2N3O4S. The molecule has 2 aromatic carbocycles. The van der Waals surface area contributed by atoms with Crippen LogP contribution in [-0.2, 0) is 26.2 Å². The van der Waals surface area contributed by atoms with Gasteiger partial charge in [-0.05, 0) is 62.2 Å². The Morgan fingerprint density at radius 1 is 0.970 bits per heavy atom. The molecule has 2 amide bonds. The quantitative estimate of drug-likeness (QED) is 0.565. The zero-order valence-corrected chi connectivity index (χ0v) is 19.9. The van der Waals surface area contributed by atoms with Crippen molar-refractivity contribution in [2.24, 2.45) is 0 Å². The predicted molar refractivity (Wildman–Crippen MR) is 123 cm³/mol. The molecule has 0 bridgehead atoms. The Kier molecular flexibility index (Phi) is 8.92. The lowest BCUT2D eigenvalue weighted by atomic mass is 10.1. The second-order valence-electron chi connectivity index (χ2n) is 7.89. The molecule has 2 atom stereocenters. The molecule has 0 saturated heterocycles. The molecule has 0 radical (unpaired) electrons. The van der Waals surface area contributed by atoms with E-state index in [9.17, 15) is 26.8 Å². The van der Waals surface area contributed by atoms with E-state index in [0.717, 1.165) is 22.7 Å². The van der Waals surface area contributed by atoms with Gasteiger partial charge in [-0.2, -0.15) is 0 Å². The van der Waals surface area contributed by atoms with Gasteiger partial charge in [-0.1, -0.05) is 19.1 Å². The summed E-state index contributed by atoms with van der Waals surface area (Å²) in [7, 11) is -3.89. The first-order chi connectivity index (χ1) is 15.4. The summed E-state index contributed by atoms with van der Waals surface area (Å²) in [4.78, 5) is 27.3. The third-order valence-electron chi connectivity index (χ3n) is 5.23. The highest BCUT2D eigenvalue weighted by Gasteiger charge is 2.30. The minimum atomic E-state index is -3.89. The van der Waals surface area contributed by atoms with Gasteiger partial charge in [-0.15, -0.1) is 0 Å². The van der Waals surface area contributed by atoms with Crippen LogP contribution in [0.2, 0.25) is 0 Å². The third kappa shape index (κ3) is 7.52. The molecule has 0 saturated carbocycles. The number of carbonyl (C=O) groups excluding carboxylic acids is 2. The number of hydrogen-bond acceptors (Lipinski definition) is 4. The van der Waals surface area contributed by atoms with Crippen LogP contribution in [0.15, 0.2) is 48.5 Å². The van der Waals surface area contributed by atoms with E-state index in [1.54, 1.807) is 6.92 Å². The second-order valence-corrected chi connectivity index (χ2v) is 9.79. The van der Waals surface area contributed by atoms with Crippen molar-refractivity contribution in [1.29, 1.82) is 0 Å². The fraction of sp³-hybridized carbons (Fsp3) is 0.391. The molecule has 10 heteroatoms. The molecule has 0 aromatic heterocycles. The number of anilines is 1. The van der Waals surface area contributed by atoms with Gasteiger partial charge < -0.3 is 10.2 Å². The summed E-state index contributed by atoms with van der Waals surface area (Å²) in [6.45, 7) is 4.66. The molecule has 2 rings (SSSR count). The number of nitrogens with zero attached hydrogens (tertiary/aromatic N) is 2. The number of amides is 2. The molecule has 2 aromatic rings. The van der Waals surface area contributed by atoms with Crippen molar-refractivity contribution < 1.29 is 26.8 Å². The fourth-order valence-electron chi connectivity index (χ4n) is 3.06. The highest BCUT2D eigenvalue weighted by Crippen LogP contribution is 2.19. The van der Waals surface area contributed by atoms with Gasteiger partial charge in [0.1, 0.15) is 24.2 Å². The normalized spacial score (nSPS) is 13.2. The van der Waals surface area contributed by atoms with E-state index in [0.29, 0.717) is 12.0 Å². The average Bonchev–Trinajstić information content (AvgIpc) is 2.76. The summed E-state index contributed by atoms with van der Waals surface area (Å²) in [5.74, 6) is -2.03. The summed E-state index contributed by atoms with van der Waals surface area (Å²) in [5, 5.41) is 2.81. The van der Waals surface area contributed by atoms with Crippen LogP contribution in [0.5, 0.6) is 0 Å². The number of carbonyl (C=O) groups is 2. The van der Waals surface area contributed by atoms with Crippen LogP contribution in [0.1, 0.15) is 32.8 Å². The monoisotopic (exact) mass is 481 g/mol. The summed E-state index contributed by atoms with van der Waals surface area (Å²) in [6, 6.07) is 9.12. The van der Waals surface area contributed by atoms with Gasteiger partial charge in [0.15, 0.2) is 0 Å². The lowest BCUT2D eigenvalue weighted by Gasteiger charge is -2.32. The molecule has 0 heterocycles. The molecule has 0 aliphatic carbocycles. The molecule has 0 fully saturated rings. The Balaban J connectivity index is 2.36. The van der Waals surface area contributed by atoms with Gasteiger partial charge in [0.05, 0.1) is 11.9 Å². The van der Waals surface area contributed by atoms with Crippen LogP contribution in [0.25, 0.3) is 0 Å². The molecular weight excluding hydrogens is 452 g/mol. The van der Waals surface area contributed by atoms with Gasteiger partial charge >= 0.3 is 0 Å². The maximum atomic E-state index is 13.3. The topological polar surface area (TPSA) is 86.8 Å². The smallest absolute Gasteiger partial charge is 0.244 e. The van der Waals surface area contributed by atoms with E-state index < -0.39 is 46.1 Å². The van der Waals surface area contributed by atoms with E-state index in [1.165, 1.54) is 41.3 Å². The van der Waals surface area contributed by atoms with Crippen molar-refractivity contribution in [3.8, 4) is 0 Å². The van der Waals surface area contributed by atoms with Crippen LogP contribution in [0.3, 0.4) is 0 Å². The van der Waals surface area contributed by atoms with Crippen LogP contribution < -0.4 is 9.62 Å². The van der Waals surface area contributed by atoms with E-state index in [-0.39, 0.29) is 18.3 Å². The van der Waals surface area contributed by atoms with Gasteiger partial charge in [0, 0.05) is 12.6 Å². The number of hydrogen-bond donors (Lipinski definition) is 1. The highest BCUT2D eigenvalue weighted by molar-refractivity contribution is 7.92.